The molecule has 0 spiro atoms. The van der Waals surface area contributed by atoms with Crippen molar-refractivity contribution in [3.8, 4) is 0 Å². The van der Waals surface area contributed by atoms with Gasteiger partial charge in [0.2, 0.25) is 0 Å². The summed E-state index contributed by atoms with van der Waals surface area (Å²) in [6, 6.07) is 0. The average molecular weight is 213 g/mol. The Morgan fingerprint density at radius 2 is 2.23 bits per heavy atom. The van der Waals surface area contributed by atoms with Crippen molar-refractivity contribution in [2.75, 3.05) is 25.1 Å². The third-order valence-corrected chi connectivity index (χ3v) is 2.30. The van der Waals surface area contributed by atoms with E-state index in [1.807, 2.05) is 0 Å². The lowest BCUT2D eigenvalue weighted by Crippen LogP contribution is -2.45. The summed E-state index contributed by atoms with van der Waals surface area (Å²) in [5, 5.41) is 2.81. The molecule has 0 saturated heterocycles. The van der Waals surface area contributed by atoms with Gasteiger partial charge in [0.05, 0.1) is 5.75 Å². The smallest absolute Gasteiger partial charge is 0.319 e. The van der Waals surface area contributed by atoms with Crippen LogP contribution < -0.4 is 16.6 Å². The van der Waals surface area contributed by atoms with Crippen molar-refractivity contribution in [1.29, 1.82) is 0 Å². The Kier molecular flexibility index (Phi) is 5.93. The minimum absolute atomic E-state index is 0.532. The monoisotopic (exact) mass is 213 g/mol. The van der Waals surface area contributed by atoms with Gasteiger partial charge in [0.15, 0.2) is 0 Å². The van der Waals surface area contributed by atoms with Crippen LogP contribution in [-0.4, -0.2) is 36.9 Å². The SMILES string of the molecule is CNCCSCC(F)(F)C(=O)NN. The lowest BCUT2D eigenvalue weighted by atomic mass is 10.4. The Balaban J connectivity index is 3.69. The van der Waals surface area contributed by atoms with Crippen molar-refractivity contribution < 1.29 is 13.6 Å². The van der Waals surface area contributed by atoms with Gasteiger partial charge in [0, 0.05) is 12.3 Å². The molecule has 4 N–H and O–H groups in total. The van der Waals surface area contributed by atoms with Crippen molar-refractivity contribution in [2.45, 2.75) is 5.92 Å². The van der Waals surface area contributed by atoms with Gasteiger partial charge in [0.1, 0.15) is 0 Å². The van der Waals surface area contributed by atoms with Crippen LogP contribution in [0, 0.1) is 0 Å². The number of thioether (sulfide) groups is 1. The highest BCUT2D eigenvalue weighted by Gasteiger charge is 2.37. The van der Waals surface area contributed by atoms with Gasteiger partial charge in [0.25, 0.3) is 0 Å². The molecule has 13 heavy (non-hydrogen) atoms. The molecule has 0 fully saturated rings. The summed E-state index contributed by atoms with van der Waals surface area (Å²) >= 11 is 1.000. The van der Waals surface area contributed by atoms with Crippen molar-refractivity contribution in [3.63, 3.8) is 0 Å². The molecule has 78 valence electrons. The van der Waals surface area contributed by atoms with Gasteiger partial charge in [-0.05, 0) is 7.05 Å². The molecule has 0 rings (SSSR count). The largest absolute Gasteiger partial charge is 0.334 e. The van der Waals surface area contributed by atoms with Gasteiger partial charge in [-0.3, -0.25) is 10.2 Å². The van der Waals surface area contributed by atoms with Crippen LogP contribution >= 0.6 is 11.8 Å². The molecule has 0 aromatic heterocycles. The van der Waals surface area contributed by atoms with E-state index in [4.69, 9.17) is 0 Å². The second-order valence-corrected chi connectivity index (χ2v) is 3.44. The number of amides is 1. The molecule has 4 nitrogen and oxygen atoms in total. The molecular weight excluding hydrogens is 200 g/mol. The van der Waals surface area contributed by atoms with Crippen LogP contribution in [0.1, 0.15) is 0 Å². The number of carbonyl (C=O) groups excluding carboxylic acids is 1. The molecule has 0 heterocycles. The van der Waals surface area contributed by atoms with Crippen LogP contribution in [0.3, 0.4) is 0 Å². The zero-order chi connectivity index (χ0) is 10.3. The van der Waals surface area contributed by atoms with E-state index in [0.717, 1.165) is 11.8 Å². The molecule has 0 radical (unpaired) electrons. The van der Waals surface area contributed by atoms with E-state index in [2.05, 4.69) is 11.2 Å². The Morgan fingerprint density at radius 3 is 2.69 bits per heavy atom. The Labute approximate surface area is 79.6 Å². The number of nitrogens with one attached hydrogen (secondary N) is 2. The lowest BCUT2D eigenvalue weighted by molar-refractivity contribution is -0.142. The third-order valence-electron chi connectivity index (χ3n) is 1.24. The lowest BCUT2D eigenvalue weighted by Gasteiger charge is -2.13. The summed E-state index contributed by atoms with van der Waals surface area (Å²) < 4.78 is 25.4. The molecule has 0 bridgehead atoms. The first-order valence-corrected chi connectivity index (χ1v) is 4.81. The zero-order valence-corrected chi connectivity index (χ0v) is 8.09. The second-order valence-electron chi connectivity index (χ2n) is 2.33. The van der Waals surface area contributed by atoms with E-state index in [0.29, 0.717) is 12.3 Å². The van der Waals surface area contributed by atoms with E-state index in [9.17, 15) is 13.6 Å². The van der Waals surface area contributed by atoms with Gasteiger partial charge in [-0.2, -0.15) is 20.5 Å². The fourth-order valence-corrected chi connectivity index (χ4v) is 1.43. The Hall–Kier alpha value is -0.400. The van der Waals surface area contributed by atoms with Crippen LogP contribution in [0.2, 0.25) is 0 Å². The van der Waals surface area contributed by atoms with Crippen molar-refractivity contribution >= 4 is 17.7 Å². The molecule has 0 unspecified atom stereocenters. The van der Waals surface area contributed by atoms with Crippen LogP contribution in [0.15, 0.2) is 0 Å². The number of hydrogen-bond acceptors (Lipinski definition) is 4. The Bertz CT molecular complexity index is 168. The molecular formula is C6H13F2N3OS. The molecule has 0 aliphatic heterocycles. The molecule has 0 aliphatic rings. The third kappa shape index (κ3) is 5.02. The van der Waals surface area contributed by atoms with Gasteiger partial charge in [-0.1, -0.05) is 0 Å². The number of alkyl halides is 2. The first-order valence-electron chi connectivity index (χ1n) is 3.66. The normalized spacial score (nSPS) is 11.4. The summed E-state index contributed by atoms with van der Waals surface area (Å²) in [4.78, 5) is 10.5. The highest BCUT2D eigenvalue weighted by Crippen LogP contribution is 2.19. The minimum atomic E-state index is -3.38. The van der Waals surface area contributed by atoms with Crippen LogP contribution in [0.4, 0.5) is 8.78 Å². The quantitative estimate of drug-likeness (QED) is 0.242. The van der Waals surface area contributed by atoms with Crippen LogP contribution in [0.5, 0.6) is 0 Å². The van der Waals surface area contributed by atoms with Gasteiger partial charge in [-0.25, -0.2) is 5.84 Å². The first kappa shape index (κ1) is 12.6. The molecule has 0 aromatic carbocycles. The van der Waals surface area contributed by atoms with E-state index < -0.39 is 17.6 Å². The molecule has 1 amide bonds. The summed E-state index contributed by atoms with van der Waals surface area (Å²) in [7, 11) is 1.73. The molecule has 0 aliphatic carbocycles. The second kappa shape index (κ2) is 6.11. The summed E-state index contributed by atoms with van der Waals surface area (Å²) in [6.07, 6.45) is 0. The highest BCUT2D eigenvalue weighted by molar-refractivity contribution is 7.99. The minimum Gasteiger partial charge on any atom is -0.319 e. The number of halogens is 2. The van der Waals surface area contributed by atoms with Gasteiger partial charge < -0.3 is 5.32 Å². The predicted octanol–water partition coefficient (Wildman–Crippen LogP) is -0.436. The maximum atomic E-state index is 12.7. The Morgan fingerprint density at radius 1 is 1.62 bits per heavy atom. The molecule has 0 atom stereocenters. The summed E-state index contributed by atoms with van der Waals surface area (Å²) in [6.45, 7) is 0.630. The molecule has 7 heteroatoms. The van der Waals surface area contributed by atoms with Crippen molar-refractivity contribution in [2.24, 2.45) is 5.84 Å². The zero-order valence-electron chi connectivity index (χ0n) is 7.27. The summed E-state index contributed by atoms with van der Waals surface area (Å²) in [5.74, 6) is -0.247. The number of nitrogens with two attached hydrogens (primary N) is 1. The average Bonchev–Trinajstić information content (AvgIpc) is 2.11. The summed E-state index contributed by atoms with van der Waals surface area (Å²) in [5.41, 5.74) is 1.43. The topological polar surface area (TPSA) is 67.2 Å². The van der Waals surface area contributed by atoms with E-state index in [1.165, 1.54) is 5.43 Å². The van der Waals surface area contributed by atoms with E-state index >= 15 is 0 Å². The van der Waals surface area contributed by atoms with E-state index in [1.54, 1.807) is 7.05 Å². The van der Waals surface area contributed by atoms with Crippen molar-refractivity contribution in [1.82, 2.24) is 10.7 Å². The van der Waals surface area contributed by atoms with Crippen molar-refractivity contribution in [3.05, 3.63) is 0 Å². The maximum Gasteiger partial charge on any atom is 0.334 e. The molecule has 0 aromatic rings. The van der Waals surface area contributed by atoms with Gasteiger partial charge >= 0.3 is 11.8 Å². The first-order chi connectivity index (χ1) is 6.04. The van der Waals surface area contributed by atoms with Crippen LogP contribution in [0.25, 0.3) is 0 Å². The number of hydrogen-bond donors (Lipinski definition) is 3. The fourth-order valence-electron chi connectivity index (χ4n) is 0.546. The number of rotatable bonds is 6. The standard InChI is InChI=1S/C6H13F2N3OS/c1-10-2-3-13-4-6(7,8)5(12)11-9/h10H,2-4,9H2,1H3,(H,11,12). The van der Waals surface area contributed by atoms with E-state index in [-0.39, 0.29) is 0 Å². The predicted molar refractivity (Wildman–Crippen MR) is 48.5 cm³/mol. The van der Waals surface area contributed by atoms with Gasteiger partial charge in [-0.15, -0.1) is 0 Å². The number of hydrazine groups is 1. The molecule has 0 saturated carbocycles. The van der Waals surface area contributed by atoms with Crippen LogP contribution in [-0.2, 0) is 4.79 Å². The number of carbonyl (C=O) groups is 1. The highest BCUT2D eigenvalue weighted by atomic mass is 32.2. The fraction of sp³-hybridized carbons (Fsp3) is 0.833. The maximum absolute atomic E-state index is 12.7.